The number of anilines is 1. The Kier molecular flexibility index (Phi) is 6.03. The molecule has 0 amide bonds. The molecule has 0 aliphatic carbocycles. The number of hydrogen-bond acceptors (Lipinski definition) is 7. The fourth-order valence-corrected chi connectivity index (χ4v) is 2.71. The van der Waals surface area contributed by atoms with E-state index in [1.54, 1.807) is 0 Å². The van der Waals surface area contributed by atoms with Crippen molar-refractivity contribution in [3.05, 3.63) is 28.3 Å². The summed E-state index contributed by atoms with van der Waals surface area (Å²) in [5.41, 5.74) is 1.93. The van der Waals surface area contributed by atoms with Crippen LogP contribution in [-0.4, -0.2) is 32.6 Å². The minimum Gasteiger partial charge on any atom is -0.377 e. The summed E-state index contributed by atoms with van der Waals surface area (Å²) < 4.78 is 31.8. The zero-order chi connectivity index (χ0) is 16.0. The highest BCUT2D eigenvalue weighted by Crippen LogP contribution is 2.25. The molecule has 0 radical (unpaired) electrons. The van der Waals surface area contributed by atoms with Crippen LogP contribution in [0.5, 0.6) is 0 Å². The van der Waals surface area contributed by atoms with Crippen LogP contribution in [0.3, 0.4) is 0 Å². The van der Waals surface area contributed by atoms with Crippen LogP contribution in [0.1, 0.15) is 13.8 Å². The molecule has 4 N–H and O–H groups in total. The Morgan fingerprint density at radius 2 is 2.10 bits per heavy atom. The largest absolute Gasteiger partial charge is 0.377 e. The fourth-order valence-electron chi connectivity index (χ4n) is 1.51. The zero-order valence-corrected chi connectivity index (χ0v) is 12.5. The van der Waals surface area contributed by atoms with E-state index >= 15 is 0 Å². The summed E-state index contributed by atoms with van der Waals surface area (Å²) in [6.07, 6.45) is -0.0198. The molecule has 0 aliphatic heterocycles. The topological polar surface area (TPSA) is 137 Å². The molecular formula is C11H18N4O5S. The number of benzene rings is 1. The Labute approximate surface area is 122 Å². The fraction of sp³-hybridized carbons (Fsp3) is 0.455. The molecule has 9 nitrogen and oxygen atoms in total. The number of nitro benzene ring substituents is 1. The predicted octanol–water partition coefficient (Wildman–Crippen LogP) is 0.584. The lowest BCUT2D eigenvalue weighted by Crippen LogP contribution is -2.29. The highest BCUT2D eigenvalue weighted by molar-refractivity contribution is 7.89. The normalized spacial score (nSPS) is 11.6. The summed E-state index contributed by atoms with van der Waals surface area (Å²) in [6.45, 7) is 3.89. The number of rotatable bonds is 8. The van der Waals surface area contributed by atoms with Gasteiger partial charge in [0.15, 0.2) is 0 Å². The van der Waals surface area contributed by atoms with E-state index in [0.29, 0.717) is 0 Å². The molecule has 1 aromatic carbocycles. The first-order valence-corrected chi connectivity index (χ1v) is 7.62. The molecule has 0 spiro atoms. The van der Waals surface area contributed by atoms with Crippen molar-refractivity contribution in [1.29, 1.82) is 0 Å². The average molecular weight is 318 g/mol. The number of nitro groups is 1. The van der Waals surface area contributed by atoms with E-state index in [1.165, 1.54) is 6.07 Å². The van der Waals surface area contributed by atoms with Gasteiger partial charge >= 0.3 is 0 Å². The second-order valence-corrected chi connectivity index (χ2v) is 6.13. The van der Waals surface area contributed by atoms with Gasteiger partial charge in [-0.3, -0.25) is 16.0 Å². The molecule has 0 unspecified atom stereocenters. The maximum absolute atomic E-state index is 12.1. The molecule has 0 saturated heterocycles. The molecule has 0 aliphatic rings. The van der Waals surface area contributed by atoms with Crippen molar-refractivity contribution in [3.8, 4) is 0 Å². The summed E-state index contributed by atoms with van der Waals surface area (Å²) in [6, 6.07) is 3.34. The average Bonchev–Trinajstić information content (AvgIpc) is 2.42. The number of nitrogens with zero attached hydrogens (tertiary/aromatic N) is 1. The molecule has 1 aromatic rings. The molecule has 10 heteroatoms. The van der Waals surface area contributed by atoms with E-state index in [0.717, 1.165) is 12.1 Å². The van der Waals surface area contributed by atoms with Gasteiger partial charge in [-0.05, 0) is 19.9 Å². The molecule has 21 heavy (non-hydrogen) atoms. The lowest BCUT2D eigenvalue weighted by molar-refractivity contribution is -0.385. The molecule has 0 bridgehead atoms. The third kappa shape index (κ3) is 4.93. The van der Waals surface area contributed by atoms with Gasteiger partial charge in [-0.2, -0.15) is 0 Å². The smallest absolute Gasteiger partial charge is 0.270 e. The van der Waals surface area contributed by atoms with Crippen LogP contribution in [0.25, 0.3) is 0 Å². The summed E-state index contributed by atoms with van der Waals surface area (Å²) in [5, 5.41) is 10.7. The minimum absolute atomic E-state index is 0.0198. The first kappa shape index (κ1) is 17.3. The van der Waals surface area contributed by atoms with Gasteiger partial charge in [0.2, 0.25) is 10.0 Å². The van der Waals surface area contributed by atoms with Gasteiger partial charge in [0.25, 0.3) is 5.69 Å². The third-order valence-electron chi connectivity index (χ3n) is 2.47. The van der Waals surface area contributed by atoms with Crippen LogP contribution in [0.4, 0.5) is 11.4 Å². The van der Waals surface area contributed by atoms with E-state index in [1.807, 2.05) is 13.8 Å². The van der Waals surface area contributed by atoms with Crippen molar-refractivity contribution in [2.75, 3.05) is 18.6 Å². The number of nitrogen functional groups attached to an aromatic ring is 1. The Morgan fingerprint density at radius 3 is 2.62 bits per heavy atom. The predicted molar refractivity (Wildman–Crippen MR) is 77.2 cm³/mol. The monoisotopic (exact) mass is 318 g/mol. The zero-order valence-electron chi connectivity index (χ0n) is 11.7. The SMILES string of the molecule is CC(C)OCCNS(=O)(=O)c1cc([N+](=O)[O-])ccc1NN. The Hall–Kier alpha value is -1.75. The third-order valence-corrected chi connectivity index (χ3v) is 3.97. The van der Waals surface area contributed by atoms with Gasteiger partial charge in [-0.15, -0.1) is 0 Å². The van der Waals surface area contributed by atoms with Gasteiger partial charge < -0.3 is 10.2 Å². The number of hydrazine groups is 1. The van der Waals surface area contributed by atoms with Crippen LogP contribution < -0.4 is 16.0 Å². The van der Waals surface area contributed by atoms with Crippen molar-refractivity contribution in [2.45, 2.75) is 24.8 Å². The highest BCUT2D eigenvalue weighted by Gasteiger charge is 2.21. The van der Waals surface area contributed by atoms with Crippen molar-refractivity contribution < 1.29 is 18.1 Å². The molecular weight excluding hydrogens is 300 g/mol. The Balaban J connectivity index is 2.95. The number of nitrogens with one attached hydrogen (secondary N) is 2. The van der Waals surface area contributed by atoms with Gasteiger partial charge in [-0.25, -0.2) is 13.1 Å². The first-order valence-electron chi connectivity index (χ1n) is 6.14. The van der Waals surface area contributed by atoms with Crippen LogP contribution in [-0.2, 0) is 14.8 Å². The second kappa shape index (κ2) is 7.31. The molecule has 118 valence electrons. The van der Waals surface area contributed by atoms with E-state index in [2.05, 4.69) is 10.1 Å². The maximum Gasteiger partial charge on any atom is 0.270 e. The number of non-ortho nitro benzene ring substituents is 1. The van der Waals surface area contributed by atoms with Gasteiger partial charge in [-0.1, -0.05) is 0 Å². The van der Waals surface area contributed by atoms with Crippen molar-refractivity contribution in [2.24, 2.45) is 5.84 Å². The molecule has 0 aromatic heterocycles. The van der Waals surface area contributed by atoms with Crippen LogP contribution >= 0.6 is 0 Å². The van der Waals surface area contributed by atoms with E-state index in [4.69, 9.17) is 10.6 Å². The second-order valence-electron chi connectivity index (χ2n) is 4.40. The van der Waals surface area contributed by atoms with Crippen LogP contribution in [0, 0.1) is 10.1 Å². The highest BCUT2D eigenvalue weighted by atomic mass is 32.2. The van der Waals surface area contributed by atoms with E-state index < -0.39 is 14.9 Å². The summed E-state index contributed by atoms with van der Waals surface area (Å²) in [4.78, 5) is 9.77. The molecule has 0 heterocycles. The standard InChI is InChI=1S/C11H18N4O5S/c1-8(2)20-6-5-13-21(18,19)11-7-9(15(16)17)3-4-10(11)14-12/h3-4,7-8,13-14H,5-6,12H2,1-2H3. The van der Waals surface area contributed by atoms with E-state index in [9.17, 15) is 18.5 Å². The lowest BCUT2D eigenvalue weighted by atomic mass is 10.3. The van der Waals surface area contributed by atoms with Crippen molar-refractivity contribution >= 4 is 21.4 Å². The molecule has 0 fully saturated rings. The van der Waals surface area contributed by atoms with Gasteiger partial charge in [0.1, 0.15) is 4.90 Å². The quantitative estimate of drug-likeness (QED) is 0.276. The number of ether oxygens (including phenoxy) is 1. The van der Waals surface area contributed by atoms with E-state index in [-0.39, 0.29) is 35.5 Å². The Morgan fingerprint density at radius 1 is 1.43 bits per heavy atom. The number of hydrogen-bond donors (Lipinski definition) is 3. The first-order chi connectivity index (χ1) is 9.77. The molecule has 1 rings (SSSR count). The van der Waals surface area contributed by atoms with Crippen molar-refractivity contribution in [1.82, 2.24) is 4.72 Å². The van der Waals surface area contributed by atoms with Crippen LogP contribution in [0.2, 0.25) is 0 Å². The lowest BCUT2D eigenvalue weighted by Gasteiger charge is -2.12. The van der Waals surface area contributed by atoms with Crippen molar-refractivity contribution in [3.63, 3.8) is 0 Å². The number of sulfonamides is 1. The summed E-state index contributed by atoms with van der Waals surface area (Å²) in [5.74, 6) is 5.23. The molecule has 0 atom stereocenters. The van der Waals surface area contributed by atoms with Gasteiger partial charge in [0.05, 0.1) is 23.3 Å². The maximum atomic E-state index is 12.1. The summed E-state index contributed by atoms with van der Waals surface area (Å²) in [7, 11) is -3.93. The summed E-state index contributed by atoms with van der Waals surface area (Å²) >= 11 is 0. The number of nitrogens with two attached hydrogens (primary N) is 1. The minimum atomic E-state index is -3.93. The van der Waals surface area contributed by atoms with Crippen LogP contribution in [0.15, 0.2) is 23.1 Å². The Bertz CT molecular complexity index is 603. The van der Waals surface area contributed by atoms with Gasteiger partial charge in [0, 0.05) is 18.7 Å². The molecule has 0 saturated carbocycles.